The fourth-order valence-electron chi connectivity index (χ4n) is 3.40. The number of thiazole rings is 1. The molecule has 4 aromatic rings. The number of aryl methyl sites for hydroxylation is 3. The number of amides is 2. The second kappa shape index (κ2) is 11.2. The first kappa shape index (κ1) is 24.5. The van der Waals surface area contributed by atoms with Crippen molar-refractivity contribution in [2.75, 3.05) is 23.5 Å². The van der Waals surface area contributed by atoms with Crippen LogP contribution in [-0.2, 0) is 13.5 Å². The van der Waals surface area contributed by atoms with E-state index in [0.717, 1.165) is 27.8 Å². The number of carbonyl (C=O) groups is 2. The molecule has 4 rings (SSSR count). The Bertz CT molecular complexity index is 1350. The van der Waals surface area contributed by atoms with Gasteiger partial charge in [-0.1, -0.05) is 35.5 Å². The number of aromatic nitrogens is 3. The quantitative estimate of drug-likeness (QED) is 0.232. The number of urea groups is 1. The number of para-hydroxylation sites is 1. The molecule has 0 unspecified atom stereocenters. The lowest BCUT2D eigenvalue weighted by molar-refractivity contribution is 0.103. The van der Waals surface area contributed by atoms with Crippen LogP contribution in [0.1, 0.15) is 26.4 Å². The second-order valence-corrected chi connectivity index (χ2v) is 9.89. The Morgan fingerprint density at radius 2 is 1.94 bits per heavy atom. The number of hydrogen-bond acceptors (Lipinski definition) is 7. The number of methoxy groups -OCH3 is 1. The summed E-state index contributed by atoms with van der Waals surface area (Å²) in [6.45, 7) is 1.89. The minimum Gasteiger partial charge on any atom is -0.496 e. The summed E-state index contributed by atoms with van der Waals surface area (Å²) in [6.07, 6.45) is 6.27. The number of benzene rings is 2. The van der Waals surface area contributed by atoms with Crippen molar-refractivity contribution in [2.24, 2.45) is 7.05 Å². The van der Waals surface area contributed by atoms with E-state index in [1.807, 2.05) is 30.8 Å². The molecule has 0 aliphatic carbocycles. The van der Waals surface area contributed by atoms with Gasteiger partial charge in [-0.2, -0.15) is 0 Å². The minimum absolute atomic E-state index is 0.233. The summed E-state index contributed by atoms with van der Waals surface area (Å²) < 4.78 is 7.32. The molecule has 180 valence electrons. The van der Waals surface area contributed by atoms with Crippen molar-refractivity contribution in [3.63, 3.8) is 0 Å². The van der Waals surface area contributed by atoms with Gasteiger partial charge in [0.25, 0.3) is 0 Å². The number of rotatable bonds is 9. The molecule has 0 saturated carbocycles. The molecule has 0 saturated heterocycles. The van der Waals surface area contributed by atoms with Crippen LogP contribution in [-0.4, -0.2) is 39.2 Å². The number of thioether (sulfide) groups is 1. The summed E-state index contributed by atoms with van der Waals surface area (Å²) in [7, 11) is 3.49. The zero-order valence-corrected chi connectivity index (χ0v) is 21.2. The number of ether oxygens (including phenoxy) is 1. The fraction of sp³-hybridized carbons (Fsp3) is 0.200. The van der Waals surface area contributed by atoms with Gasteiger partial charge >= 0.3 is 6.03 Å². The highest BCUT2D eigenvalue weighted by atomic mass is 32.2. The fourth-order valence-corrected chi connectivity index (χ4v) is 5.24. The van der Waals surface area contributed by atoms with Crippen LogP contribution in [0.4, 0.5) is 15.6 Å². The van der Waals surface area contributed by atoms with E-state index in [0.29, 0.717) is 27.7 Å². The van der Waals surface area contributed by atoms with Crippen molar-refractivity contribution in [2.45, 2.75) is 18.5 Å². The Morgan fingerprint density at radius 1 is 1.11 bits per heavy atom. The highest BCUT2D eigenvalue weighted by molar-refractivity contribution is 7.99. The predicted octanol–water partition coefficient (Wildman–Crippen LogP) is 5.40. The van der Waals surface area contributed by atoms with E-state index < -0.39 is 6.03 Å². The summed E-state index contributed by atoms with van der Waals surface area (Å²) in [6, 6.07) is 11.9. The molecule has 2 aromatic carbocycles. The van der Waals surface area contributed by atoms with Gasteiger partial charge in [0.1, 0.15) is 5.75 Å². The minimum atomic E-state index is -0.466. The van der Waals surface area contributed by atoms with Crippen molar-refractivity contribution in [3.8, 4) is 5.75 Å². The molecule has 0 aliphatic heterocycles. The van der Waals surface area contributed by atoms with Gasteiger partial charge in [-0.3, -0.25) is 10.1 Å². The van der Waals surface area contributed by atoms with Gasteiger partial charge in [0.05, 0.1) is 18.4 Å². The van der Waals surface area contributed by atoms with E-state index in [9.17, 15) is 9.59 Å². The topological polar surface area (TPSA) is 98.1 Å². The van der Waals surface area contributed by atoms with Crippen LogP contribution in [0.2, 0.25) is 0 Å². The number of ketones is 1. The molecular weight excluding hydrogens is 482 g/mol. The normalized spacial score (nSPS) is 10.7. The van der Waals surface area contributed by atoms with Crippen LogP contribution in [0.3, 0.4) is 0 Å². The Kier molecular flexibility index (Phi) is 7.84. The van der Waals surface area contributed by atoms with Gasteiger partial charge in [0, 0.05) is 41.8 Å². The van der Waals surface area contributed by atoms with Gasteiger partial charge in [-0.15, -0.1) is 11.3 Å². The first-order chi connectivity index (χ1) is 16.9. The summed E-state index contributed by atoms with van der Waals surface area (Å²) in [5.74, 6) is 1.10. The number of anilines is 2. The molecule has 8 nitrogen and oxygen atoms in total. The van der Waals surface area contributed by atoms with E-state index in [1.165, 1.54) is 18.4 Å². The van der Waals surface area contributed by atoms with Crippen molar-refractivity contribution >= 4 is 45.7 Å². The van der Waals surface area contributed by atoms with Gasteiger partial charge in [0.15, 0.2) is 16.1 Å². The van der Waals surface area contributed by atoms with E-state index >= 15 is 0 Å². The lowest BCUT2D eigenvalue weighted by atomic mass is 9.99. The molecule has 2 N–H and O–H groups in total. The van der Waals surface area contributed by atoms with Gasteiger partial charge in [-0.25, -0.2) is 14.8 Å². The lowest BCUT2D eigenvalue weighted by Crippen LogP contribution is -2.21. The molecule has 2 heterocycles. The van der Waals surface area contributed by atoms with Crippen LogP contribution < -0.4 is 15.4 Å². The first-order valence-electron chi connectivity index (χ1n) is 10.9. The average molecular weight is 508 g/mol. The molecule has 0 radical (unpaired) electrons. The van der Waals surface area contributed by atoms with Gasteiger partial charge in [-0.05, 0) is 37.6 Å². The van der Waals surface area contributed by atoms with Crippen LogP contribution in [0.15, 0.2) is 66.2 Å². The standard InChI is InChI=1S/C25H25N5O3S2/c1-16-8-9-20(19(14-16)22(31)18-6-4-5-7-21(18)33-3)28-23(32)29-24-27-15-17(35-24)10-13-34-25-26-11-12-30(25)2/h4-9,11-12,14-15H,10,13H2,1-3H3,(H2,27,28,29,32). The number of imidazole rings is 1. The molecule has 35 heavy (non-hydrogen) atoms. The van der Waals surface area contributed by atoms with Gasteiger partial charge < -0.3 is 14.6 Å². The molecule has 2 amide bonds. The first-order valence-corrected chi connectivity index (χ1v) is 12.7. The molecular formula is C25H25N5O3S2. The smallest absolute Gasteiger partial charge is 0.325 e. The van der Waals surface area contributed by atoms with E-state index in [-0.39, 0.29) is 5.78 Å². The zero-order chi connectivity index (χ0) is 24.8. The molecule has 2 aromatic heterocycles. The van der Waals surface area contributed by atoms with Crippen molar-refractivity contribution in [1.29, 1.82) is 0 Å². The molecule has 10 heteroatoms. The highest BCUT2D eigenvalue weighted by Gasteiger charge is 2.19. The number of hydrogen-bond donors (Lipinski definition) is 2. The number of carbonyl (C=O) groups excluding carboxylic acids is 2. The summed E-state index contributed by atoms with van der Waals surface area (Å²) in [5.41, 5.74) is 2.13. The van der Waals surface area contributed by atoms with Crippen LogP contribution in [0.5, 0.6) is 5.75 Å². The summed E-state index contributed by atoms with van der Waals surface area (Å²) in [5, 5.41) is 7.01. The Hall–Kier alpha value is -3.63. The maximum absolute atomic E-state index is 13.3. The number of nitrogens with zero attached hydrogens (tertiary/aromatic N) is 3. The van der Waals surface area contributed by atoms with Crippen molar-refractivity contribution < 1.29 is 14.3 Å². The van der Waals surface area contributed by atoms with Crippen LogP contribution in [0.25, 0.3) is 0 Å². The maximum atomic E-state index is 13.3. The Morgan fingerprint density at radius 3 is 2.71 bits per heavy atom. The Balaban J connectivity index is 1.41. The summed E-state index contributed by atoms with van der Waals surface area (Å²) in [4.78, 5) is 35.7. The highest BCUT2D eigenvalue weighted by Crippen LogP contribution is 2.27. The third-order valence-electron chi connectivity index (χ3n) is 5.15. The monoisotopic (exact) mass is 507 g/mol. The molecule has 0 atom stereocenters. The third-order valence-corrected chi connectivity index (χ3v) is 7.18. The summed E-state index contributed by atoms with van der Waals surface area (Å²) >= 11 is 3.09. The molecule has 0 bridgehead atoms. The van der Waals surface area contributed by atoms with E-state index in [1.54, 1.807) is 60.6 Å². The molecule has 0 aliphatic rings. The van der Waals surface area contributed by atoms with Crippen LogP contribution in [0, 0.1) is 6.92 Å². The van der Waals surface area contributed by atoms with E-state index in [2.05, 4.69) is 20.6 Å². The number of nitrogens with one attached hydrogen (secondary N) is 2. The SMILES string of the molecule is COc1ccccc1C(=O)c1cc(C)ccc1NC(=O)Nc1ncc(CCSc2nccn2C)s1. The largest absolute Gasteiger partial charge is 0.496 e. The maximum Gasteiger partial charge on any atom is 0.325 e. The zero-order valence-electron chi connectivity index (χ0n) is 19.6. The van der Waals surface area contributed by atoms with Crippen molar-refractivity contribution in [1.82, 2.24) is 14.5 Å². The van der Waals surface area contributed by atoms with Crippen LogP contribution >= 0.6 is 23.1 Å². The second-order valence-electron chi connectivity index (χ2n) is 7.71. The van der Waals surface area contributed by atoms with Crippen molar-refractivity contribution in [3.05, 3.63) is 82.6 Å². The Labute approximate surface area is 211 Å². The predicted molar refractivity (Wildman–Crippen MR) is 140 cm³/mol. The van der Waals surface area contributed by atoms with Gasteiger partial charge in [0.2, 0.25) is 0 Å². The average Bonchev–Trinajstić information content (AvgIpc) is 3.48. The third kappa shape index (κ3) is 6.09. The molecule has 0 fully saturated rings. The lowest BCUT2D eigenvalue weighted by Gasteiger charge is -2.13. The molecule has 0 spiro atoms. The van der Waals surface area contributed by atoms with E-state index in [4.69, 9.17) is 4.74 Å².